The number of nitrogens with zero attached hydrogens (tertiary/aromatic N) is 4. The first-order valence-electron chi connectivity index (χ1n) is 25.9. The highest BCUT2D eigenvalue weighted by atomic mass is 16.5. The van der Waals surface area contributed by atoms with E-state index in [4.69, 9.17) is 27.8 Å². The fourth-order valence-corrected chi connectivity index (χ4v) is 8.87. The Kier molecular flexibility index (Phi) is 6.53. The molecule has 0 N–H and O–H groups in total. The molecule has 0 fully saturated rings. The van der Waals surface area contributed by atoms with E-state index >= 15 is 0 Å². The molecule has 64 heavy (non-hydrogen) atoms. The maximum Gasteiger partial charge on any atom is 0.255 e. The minimum atomic E-state index is -0.563. The third kappa shape index (κ3) is 6.17. The number of hydrogen-bond donors (Lipinski definition) is 0. The monoisotopic (exact) mass is 837 g/mol. The summed E-state index contributed by atoms with van der Waals surface area (Å²) in [5, 5.41) is 4.03. The predicted molar refractivity (Wildman–Crippen MR) is 260 cm³/mol. The van der Waals surface area contributed by atoms with Crippen LogP contribution in [0.3, 0.4) is 0 Å². The molecule has 8 aromatic carbocycles. The quantitative estimate of drug-likeness (QED) is 0.150. The molecule has 306 valence electrons. The van der Waals surface area contributed by atoms with Crippen LogP contribution in [0.5, 0.6) is 11.5 Å². The first kappa shape index (κ1) is 28.4. The molecule has 0 radical (unpaired) electrons. The summed E-state index contributed by atoms with van der Waals surface area (Å²) in [5.74, 6) is 1.81. The third-order valence-electron chi connectivity index (χ3n) is 11.9. The number of furan rings is 1. The molecule has 0 saturated carbocycles. The van der Waals surface area contributed by atoms with Crippen LogP contribution >= 0.6 is 0 Å². The van der Waals surface area contributed by atoms with Gasteiger partial charge in [-0.25, -0.2) is 4.98 Å². The van der Waals surface area contributed by atoms with Crippen LogP contribution in [-0.4, -0.2) is 14.1 Å². The maximum atomic E-state index is 9.05. The summed E-state index contributed by atoms with van der Waals surface area (Å²) < 4.78 is 107. The molecule has 0 atom stereocenters. The Morgan fingerprint density at radius 3 is 2.14 bits per heavy atom. The normalized spacial score (nSPS) is 14.2. The van der Waals surface area contributed by atoms with E-state index in [-0.39, 0.29) is 33.4 Å². The van der Waals surface area contributed by atoms with E-state index in [9.17, 15) is 0 Å². The minimum absolute atomic E-state index is 0.116. The average Bonchev–Trinajstić information content (AvgIpc) is 4.08. The zero-order valence-corrected chi connectivity index (χ0v) is 35.0. The number of pyridine rings is 1. The SMILES string of the molecule is [2H]c1c([2H])c([2H])c(-c2cccc(-c3c([2H])c([2H])c([2H])c([2H])c3[2H])c2-[n+]2cn(-c3cccc(Oc4ccc5c6oc7ccc8ccccc8c7c6n(-c6cc(C(C)(C)C)ccn6)c5c4)c3)c3ccccc32)c([2H])c1[2H]. The first-order valence-corrected chi connectivity index (χ1v) is 20.9. The third-order valence-corrected chi connectivity index (χ3v) is 11.9. The average molecular weight is 838 g/mol. The van der Waals surface area contributed by atoms with Crippen LogP contribution in [0.4, 0.5) is 0 Å². The van der Waals surface area contributed by atoms with E-state index in [1.165, 1.54) is 0 Å². The van der Waals surface area contributed by atoms with Gasteiger partial charge in [-0.1, -0.05) is 148 Å². The number of rotatable bonds is 7. The van der Waals surface area contributed by atoms with Crippen molar-refractivity contribution >= 4 is 54.8 Å². The van der Waals surface area contributed by atoms with Crippen molar-refractivity contribution in [3.05, 3.63) is 212 Å². The van der Waals surface area contributed by atoms with Crippen molar-refractivity contribution in [1.29, 1.82) is 0 Å². The molecule has 4 aromatic heterocycles. The molecule has 0 aliphatic carbocycles. The van der Waals surface area contributed by atoms with Crippen molar-refractivity contribution in [2.24, 2.45) is 0 Å². The van der Waals surface area contributed by atoms with E-state index < -0.39 is 60.4 Å². The number of fused-ring (bicyclic) bond motifs is 8. The van der Waals surface area contributed by atoms with Gasteiger partial charge in [0, 0.05) is 34.8 Å². The summed E-state index contributed by atoms with van der Waals surface area (Å²) >= 11 is 0. The van der Waals surface area contributed by atoms with E-state index in [1.54, 1.807) is 29.1 Å². The zero-order chi connectivity index (χ0) is 51.6. The lowest BCUT2D eigenvalue weighted by molar-refractivity contribution is -0.566. The Labute approximate surface area is 384 Å². The van der Waals surface area contributed by atoms with Crippen LogP contribution in [-0.2, 0) is 5.41 Å². The van der Waals surface area contributed by atoms with E-state index in [2.05, 4.69) is 49.6 Å². The molecule has 0 aliphatic heterocycles. The van der Waals surface area contributed by atoms with E-state index in [0.29, 0.717) is 28.2 Å². The van der Waals surface area contributed by atoms with Crippen molar-refractivity contribution in [3.63, 3.8) is 0 Å². The number of hydrogen-bond acceptors (Lipinski definition) is 3. The minimum Gasteiger partial charge on any atom is -0.457 e. The van der Waals surface area contributed by atoms with Gasteiger partial charge in [-0.2, -0.15) is 9.13 Å². The molecule has 6 heteroatoms. The van der Waals surface area contributed by atoms with Crippen molar-refractivity contribution in [2.75, 3.05) is 0 Å². The van der Waals surface area contributed by atoms with Crippen LogP contribution in [0.15, 0.2) is 211 Å². The van der Waals surface area contributed by atoms with Gasteiger partial charge < -0.3 is 9.15 Å². The van der Waals surface area contributed by atoms with E-state index in [0.717, 1.165) is 55.1 Å². The Morgan fingerprint density at radius 2 is 1.36 bits per heavy atom. The van der Waals surface area contributed by atoms with Crippen LogP contribution in [0.2, 0.25) is 0 Å². The van der Waals surface area contributed by atoms with Gasteiger partial charge in [0.15, 0.2) is 16.6 Å². The van der Waals surface area contributed by atoms with Crippen LogP contribution < -0.4 is 9.30 Å². The van der Waals surface area contributed by atoms with Gasteiger partial charge >= 0.3 is 0 Å². The molecule has 0 bridgehead atoms. The van der Waals surface area contributed by atoms with Crippen LogP contribution in [0.1, 0.15) is 40.0 Å². The topological polar surface area (TPSA) is 49.0 Å². The molecule has 0 aliphatic rings. The number of imidazole rings is 1. The fraction of sp³-hybridized carbons (Fsp3) is 0.0690. The summed E-state index contributed by atoms with van der Waals surface area (Å²) in [7, 11) is 0. The van der Waals surface area contributed by atoms with Crippen LogP contribution in [0.25, 0.3) is 94.2 Å². The van der Waals surface area contributed by atoms with Gasteiger partial charge in [0.1, 0.15) is 39.8 Å². The molecule has 6 nitrogen and oxygen atoms in total. The lowest BCUT2D eigenvalue weighted by atomic mass is 9.88. The second kappa shape index (κ2) is 14.7. The fourth-order valence-electron chi connectivity index (χ4n) is 8.87. The van der Waals surface area contributed by atoms with E-state index in [1.807, 2.05) is 102 Å². The Bertz CT molecular complexity index is 4220. The second-order valence-electron chi connectivity index (χ2n) is 16.8. The van der Waals surface area contributed by atoms with Gasteiger partial charge in [-0.05, 0) is 87.5 Å². The molecule has 0 unspecified atom stereocenters. The number of para-hydroxylation sites is 3. The lowest BCUT2D eigenvalue weighted by Gasteiger charge is -2.20. The Balaban J connectivity index is 1.03. The largest absolute Gasteiger partial charge is 0.457 e. The van der Waals surface area contributed by atoms with Crippen LogP contribution in [0, 0.1) is 0 Å². The molecule has 0 saturated heterocycles. The van der Waals surface area contributed by atoms with Gasteiger partial charge in [0.05, 0.1) is 24.6 Å². The second-order valence-corrected chi connectivity index (χ2v) is 16.8. The maximum absolute atomic E-state index is 9.05. The highest BCUT2D eigenvalue weighted by molar-refractivity contribution is 6.24. The molecule has 0 amide bonds. The van der Waals surface area contributed by atoms with Crippen molar-refractivity contribution < 1.29 is 27.4 Å². The summed E-state index contributed by atoms with van der Waals surface area (Å²) in [5.41, 5.74) is 6.57. The summed E-state index contributed by atoms with van der Waals surface area (Å²) in [6.07, 6.45) is 3.62. The summed E-state index contributed by atoms with van der Waals surface area (Å²) in [4.78, 5) is 4.94. The van der Waals surface area contributed by atoms with Gasteiger partial charge in [-0.3, -0.25) is 4.57 Å². The number of aromatic nitrogens is 4. The summed E-state index contributed by atoms with van der Waals surface area (Å²) in [6, 6.07) is 37.2. The summed E-state index contributed by atoms with van der Waals surface area (Å²) in [6.45, 7) is 6.54. The van der Waals surface area contributed by atoms with Crippen molar-refractivity contribution in [1.82, 2.24) is 14.1 Å². The molecular formula is C58H43N4O2+. The van der Waals surface area contributed by atoms with Crippen molar-refractivity contribution in [2.45, 2.75) is 26.2 Å². The number of ether oxygens (including phenoxy) is 1. The predicted octanol–water partition coefficient (Wildman–Crippen LogP) is 14.7. The Hall–Kier alpha value is -8.22. The highest BCUT2D eigenvalue weighted by Gasteiger charge is 2.26. The standard InChI is InChI=1S/C58H43N4O2/c1-58(2,3)41-32-33-59-53(34-41)62-51-36-44(29-30-48(51)57-56(62)54-45-23-11-10-20-40(45)28-31-52(54)64-57)63-43-22-14-21-42(35-43)60-37-61(50-27-13-12-26-49(50)60)55-46(38-16-6-4-7-17-38)24-15-25-47(55)39-18-8-5-9-19-39/h4-37H,1-3H3/q+1/i4D,5D,6D,7D,8D,9D,16D,17D,18D,19D. The van der Waals surface area contributed by atoms with Gasteiger partial charge in [-0.15, -0.1) is 0 Å². The Morgan fingerprint density at radius 1 is 0.641 bits per heavy atom. The number of benzene rings is 8. The smallest absolute Gasteiger partial charge is 0.255 e. The molecule has 0 spiro atoms. The highest BCUT2D eigenvalue weighted by Crippen LogP contribution is 2.43. The molecule has 4 heterocycles. The van der Waals surface area contributed by atoms with Gasteiger partial charge in [0.25, 0.3) is 6.33 Å². The molecule has 12 rings (SSSR count). The van der Waals surface area contributed by atoms with Gasteiger partial charge in [0.2, 0.25) is 0 Å². The van der Waals surface area contributed by atoms with Crippen molar-refractivity contribution in [3.8, 4) is 50.9 Å². The molecule has 12 aromatic rings. The lowest BCUT2D eigenvalue weighted by Crippen LogP contribution is -2.30. The first-order chi connectivity index (χ1) is 35.5. The zero-order valence-electron chi connectivity index (χ0n) is 45.0. The molecular weight excluding hydrogens is 785 g/mol.